The summed E-state index contributed by atoms with van der Waals surface area (Å²) in [5.74, 6) is 0. The highest BCUT2D eigenvalue weighted by molar-refractivity contribution is 9.10. The first-order valence-corrected chi connectivity index (χ1v) is 3.85. The normalized spacial score (nSPS) is 18.2. The van der Waals surface area contributed by atoms with E-state index < -0.39 is 30.5 Å². The van der Waals surface area contributed by atoms with Crippen molar-refractivity contribution in [2.24, 2.45) is 0 Å². The van der Waals surface area contributed by atoms with Gasteiger partial charge in [-0.25, -0.2) is 4.68 Å². The second-order valence-corrected chi connectivity index (χ2v) is 2.72. The molecule has 1 heterocycles. The molecule has 0 fully saturated rings. The molecule has 12 heavy (non-hydrogen) atoms. The fourth-order valence-electron chi connectivity index (χ4n) is 0.702. The SMILES string of the molecule is [2H]c1nn(-c2c([2H])c([2H])c([2H])c(Br)c2[2H])c([2H])c1[2H]. The van der Waals surface area contributed by atoms with Crippen molar-refractivity contribution in [3.63, 3.8) is 0 Å². The molecule has 2 nitrogen and oxygen atoms in total. The van der Waals surface area contributed by atoms with Crippen LogP contribution in [0.25, 0.3) is 5.69 Å². The van der Waals surface area contributed by atoms with Gasteiger partial charge in [0, 0.05) is 16.8 Å². The van der Waals surface area contributed by atoms with Crippen molar-refractivity contribution in [1.82, 2.24) is 9.78 Å². The molecule has 0 saturated carbocycles. The van der Waals surface area contributed by atoms with Gasteiger partial charge >= 0.3 is 0 Å². The van der Waals surface area contributed by atoms with Gasteiger partial charge in [-0.1, -0.05) is 22.0 Å². The van der Waals surface area contributed by atoms with E-state index in [1.807, 2.05) is 0 Å². The van der Waals surface area contributed by atoms with E-state index in [9.17, 15) is 0 Å². The third kappa shape index (κ3) is 1.41. The van der Waals surface area contributed by atoms with Crippen LogP contribution >= 0.6 is 15.9 Å². The van der Waals surface area contributed by atoms with Crippen LogP contribution in [0.2, 0.25) is 0 Å². The minimum Gasteiger partial charge on any atom is -0.241 e. The Morgan fingerprint density at radius 2 is 2.33 bits per heavy atom. The molecule has 0 aliphatic heterocycles. The van der Waals surface area contributed by atoms with Gasteiger partial charge in [-0.3, -0.25) is 0 Å². The van der Waals surface area contributed by atoms with Gasteiger partial charge in [0.05, 0.1) is 15.3 Å². The topological polar surface area (TPSA) is 17.8 Å². The Bertz CT molecular complexity index is 653. The van der Waals surface area contributed by atoms with Gasteiger partial charge in [0.15, 0.2) is 0 Å². The predicted octanol–water partition coefficient (Wildman–Crippen LogP) is 2.63. The summed E-state index contributed by atoms with van der Waals surface area (Å²) in [5, 5.41) is 3.62. The monoisotopic (exact) mass is 229 g/mol. The molecule has 0 bridgehead atoms. The van der Waals surface area contributed by atoms with Gasteiger partial charge in [-0.2, -0.15) is 5.10 Å². The van der Waals surface area contributed by atoms with Crippen molar-refractivity contribution in [2.75, 3.05) is 0 Å². The van der Waals surface area contributed by atoms with E-state index in [-0.39, 0.29) is 22.2 Å². The molecule has 0 aliphatic rings. The highest BCUT2D eigenvalue weighted by Gasteiger charge is 1.94. The summed E-state index contributed by atoms with van der Waals surface area (Å²) >= 11 is 2.99. The zero-order chi connectivity index (χ0) is 14.5. The lowest BCUT2D eigenvalue weighted by atomic mass is 10.3. The minimum absolute atomic E-state index is 0.0106. The predicted molar refractivity (Wildman–Crippen MR) is 51.3 cm³/mol. The van der Waals surface area contributed by atoms with Crippen LogP contribution in [0.3, 0.4) is 0 Å². The first-order valence-electron chi connectivity index (χ1n) is 6.56. The van der Waals surface area contributed by atoms with Crippen molar-refractivity contribution in [1.29, 1.82) is 0 Å². The van der Waals surface area contributed by atoms with Gasteiger partial charge in [0.25, 0.3) is 0 Å². The number of halogens is 1. The summed E-state index contributed by atoms with van der Waals surface area (Å²) in [6.07, 6.45) is -0.877. The molecule has 1 aromatic heterocycles. The van der Waals surface area contributed by atoms with Crippen LogP contribution in [-0.4, -0.2) is 9.78 Å². The van der Waals surface area contributed by atoms with E-state index in [4.69, 9.17) is 9.60 Å². The molecule has 3 heteroatoms. The van der Waals surface area contributed by atoms with Crippen molar-refractivity contribution in [2.45, 2.75) is 0 Å². The minimum atomic E-state index is -0.443. The molecule has 0 aliphatic carbocycles. The second kappa shape index (κ2) is 3.11. The van der Waals surface area contributed by atoms with Gasteiger partial charge in [0.2, 0.25) is 0 Å². The molecule has 2 aromatic rings. The van der Waals surface area contributed by atoms with E-state index in [1.165, 1.54) is 0 Å². The van der Waals surface area contributed by atoms with E-state index >= 15 is 0 Å². The summed E-state index contributed by atoms with van der Waals surface area (Å²) in [7, 11) is 0. The van der Waals surface area contributed by atoms with Gasteiger partial charge in [-0.05, 0) is 24.2 Å². The third-order valence-electron chi connectivity index (χ3n) is 1.16. The number of rotatable bonds is 1. The van der Waals surface area contributed by atoms with Crippen LogP contribution in [0, 0.1) is 0 Å². The zero-order valence-corrected chi connectivity index (χ0v) is 7.36. The Morgan fingerprint density at radius 3 is 3.08 bits per heavy atom. The maximum atomic E-state index is 7.85. The van der Waals surface area contributed by atoms with Gasteiger partial charge < -0.3 is 0 Å². The molecular formula is C9H7BrN2. The molecule has 1 aromatic carbocycles. The highest BCUT2D eigenvalue weighted by Crippen LogP contribution is 2.13. The summed E-state index contributed by atoms with van der Waals surface area (Å²) in [4.78, 5) is 0. The van der Waals surface area contributed by atoms with Crippen molar-refractivity contribution in [3.8, 4) is 5.69 Å². The number of aromatic nitrogens is 2. The van der Waals surface area contributed by atoms with Gasteiger partial charge in [0.1, 0.15) is 0 Å². The van der Waals surface area contributed by atoms with Crippen LogP contribution in [0.4, 0.5) is 0 Å². The standard InChI is InChI=1S/C9H7BrN2/c10-8-3-1-4-9(7-8)12-6-2-5-11-12/h1-7H/i1D,2D,3D,4D,5D,6D,7D. The van der Waals surface area contributed by atoms with E-state index in [0.29, 0.717) is 0 Å². The lowest BCUT2D eigenvalue weighted by molar-refractivity contribution is 0.880. The fraction of sp³-hybridized carbons (Fsp3) is 0. The molecular weight excluding hydrogens is 216 g/mol. The first-order chi connectivity index (χ1) is 8.77. The Morgan fingerprint density at radius 1 is 1.42 bits per heavy atom. The molecule has 0 unspecified atom stereocenters. The zero-order valence-electron chi connectivity index (χ0n) is 12.8. The van der Waals surface area contributed by atoms with E-state index in [2.05, 4.69) is 21.0 Å². The van der Waals surface area contributed by atoms with Crippen LogP contribution in [0.5, 0.6) is 0 Å². The number of hydrogen-bond donors (Lipinski definition) is 0. The Labute approximate surface area is 88.8 Å². The third-order valence-corrected chi connectivity index (χ3v) is 1.56. The van der Waals surface area contributed by atoms with Crippen molar-refractivity contribution >= 4 is 15.9 Å². The average Bonchev–Trinajstić information content (AvgIpc) is 2.62. The smallest absolute Gasteiger partial charge is 0.0860 e. The lowest BCUT2D eigenvalue weighted by Crippen LogP contribution is -1.92. The van der Waals surface area contributed by atoms with Gasteiger partial charge in [-0.15, -0.1) is 0 Å². The van der Waals surface area contributed by atoms with Crippen LogP contribution in [-0.2, 0) is 0 Å². The molecule has 0 saturated heterocycles. The number of nitrogens with zero attached hydrogens (tertiary/aromatic N) is 2. The van der Waals surface area contributed by atoms with E-state index in [0.717, 1.165) is 4.68 Å². The molecule has 0 amide bonds. The number of hydrogen-bond acceptors (Lipinski definition) is 1. The summed E-state index contributed by atoms with van der Waals surface area (Å²) in [5.41, 5.74) is -0.190. The summed E-state index contributed by atoms with van der Waals surface area (Å²) in [6.45, 7) is 0. The Hall–Kier alpha value is -1.09. The van der Waals surface area contributed by atoms with E-state index in [1.54, 1.807) is 0 Å². The molecule has 0 radical (unpaired) electrons. The quantitative estimate of drug-likeness (QED) is 0.736. The maximum Gasteiger partial charge on any atom is 0.0860 e. The molecule has 2 rings (SSSR count). The van der Waals surface area contributed by atoms with Crippen LogP contribution in [0.1, 0.15) is 9.60 Å². The first kappa shape index (κ1) is 3.00. The highest BCUT2D eigenvalue weighted by atomic mass is 79.9. The molecule has 0 atom stereocenters. The maximum absolute atomic E-state index is 7.85. The Kier molecular flexibility index (Phi) is 0.776. The molecule has 60 valence electrons. The molecule has 0 spiro atoms. The van der Waals surface area contributed by atoms with Crippen molar-refractivity contribution in [3.05, 3.63) is 47.0 Å². The fourth-order valence-corrected chi connectivity index (χ4v) is 0.988. The summed E-state index contributed by atoms with van der Waals surface area (Å²) in [6, 6.07) is -1.84. The lowest BCUT2D eigenvalue weighted by Gasteiger charge is -2.00. The van der Waals surface area contributed by atoms with Crippen LogP contribution in [0.15, 0.2) is 47.0 Å². The van der Waals surface area contributed by atoms with Crippen LogP contribution < -0.4 is 0 Å². The average molecular weight is 230 g/mol. The summed E-state index contributed by atoms with van der Waals surface area (Å²) < 4.78 is 54.1. The molecule has 0 N–H and O–H groups in total. The Balaban J connectivity index is 2.87. The number of benzene rings is 1. The largest absolute Gasteiger partial charge is 0.241 e. The second-order valence-electron chi connectivity index (χ2n) is 1.92. The van der Waals surface area contributed by atoms with Crippen molar-refractivity contribution < 1.29 is 9.60 Å².